The van der Waals surface area contributed by atoms with E-state index in [-0.39, 0.29) is 18.5 Å². The molecule has 2 aliphatic rings. The third-order valence-corrected chi connectivity index (χ3v) is 1.90. The average Bonchev–Trinajstić information content (AvgIpc) is 2.25. The Bertz CT molecular complexity index is 115. The molecule has 3 atom stereocenters. The Morgan fingerprint density at radius 3 is 3.00 bits per heavy atom. The van der Waals surface area contributed by atoms with Gasteiger partial charge in [-0.15, -0.1) is 0 Å². The highest BCUT2D eigenvalue weighted by atomic mass is 16.7. The highest BCUT2D eigenvalue weighted by molar-refractivity contribution is 4.79. The lowest BCUT2D eigenvalue weighted by Crippen LogP contribution is -2.32. The molecule has 0 saturated carbocycles. The smallest absolute Gasteiger partial charge is 0.158 e. The van der Waals surface area contributed by atoms with Crippen LogP contribution in [0.25, 0.3) is 0 Å². The van der Waals surface area contributed by atoms with Gasteiger partial charge in [0, 0.05) is 6.42 Å². The van der Waals surface area contributed by atoms with E-state index in [0.717, 1.165) is 12.8 Å². The van der Waals surface area contributed by atoms with E-state index in [0.29, 0.717) is 6.61 Å². The number of fused-ring (bicyclic) bond motifs is 2. The summed E-state index contributed by atoms with van der Waals surface area (Å²) in [5.41, 5.74) is 0. The standard InChI is InChI=1S/C6H10O3/c7-4-1-2-6-8-3-5(4)9-6/h4-7H,1-3H2. The molecule has 2 aliphatic heterocycles. The maximum absolute atomic E-state index is 9.19. The van der Waals surface area contributed by atoms with E-state index in [1.165, 1.54) is 0 Å². The van der Waals surface area contributed by atoms with Crippen LogP contribution in [0.5, 0.6) is 0 Å². The molecule has 52 valence electrons. The van der Waals surface area contributed by atoms with E-state index >= 15 is 0 Å². The molecule has 0 aromatic heterocycles. The lowest BCUT2D eigenvalue weighted by atomic mass is 10.1. The Hall–Kier alpha value is -0.120. The predicted molar refractivity (Wildman–Crippen MR) is 29.9 cm³/mol. The summed E-state index contributed by atoms with van der Waals surface area (Å²) in [6, 6.07) is 0. The minimum atomic E-state index is -0.288. The van der Waals surface area contributed by atoms with Gasteiger partial charge < -0.3 is 14.6 Å². The summed E-state index contributed by atoms with van der Waals surface area (Å²) in [6.45, 7) is 0.575. The molecule has 1 N–H and O–H groups in total. The number of aliphatic hydroxyl groups excluding tert-OH is 1. The zero-order valence-corrected chi connectivity index (χ0v) is 5.12. The fraction of sp³-hybridized carbons (Fsp3) is 1.00. The van der Waals surface area contributed by atoms with Crippen molar-refractivity contribution in [1.29, 1.82) is 0 Å². The highest BCUT2D eigenvalue weighted by Gasteiger charge is 2.36. The molecular formula is C6H10O3. The second-order valence-corrected chi connectivity index (χ2v) is 2.58. The molecule has 3 nitrogen and oxygen atoms in total. The van der Waals surface area contributed by atoms with Crippen LogP contribution >= 0.6 is 0 Å². The van der Waals surface area contributed by atoms with Gasteiger partial charge in [0.1, 0.15) is 6.10 Å². The molecule has 3 unspecified atom stereocenters. The molecular weight excluding hydrogens is 120 g/mol. The van der Waals surface area contributed by atoms with E-state index < -0.39 is 0 Å². The van der Waals surface area contributed by atoms with Crippen LogP contribution in [0.1, 0.15) is 12.8 Å². The van der Waals surface area contributed by atoms with E-state index in [1.807, 2.05) is 0 Å². The molecule has 2 saturated heterocycles. The van der Waals surface area contributed by atoms with Crippen molar-refractivity contribution in [2.24, 2.45) is 0 Å². The van der Waals surface area contributed by atoms with Gasteiger partial charge in [0.15, 0.2) is 6.29 Å². The van der Waals surface area contributed by atoms with Gasteiger partial charge in [-0.3, -0.25) is 0 Å². The number of ether oxygens (including phenoxy) is 2. The molecule has 0 amide bonds. The Labute approximate surface area is 53.6 Å². The normalized spacial score (nSPS) is 49.7. The first-order valence-corrected chi connectivity index (χ1v) is 3.31. The Morgan fingerprint density at radius 2 is 2.22 bits per heavy atom. The first kappa shape index (κ1) is 5.65. The van der Waals surface area contributed by atoms with Crippen molar-refractivity contribution in [2.75, 3.05) is 6.61 Å². The van der Waals surface area contributed by atoms with Gasteiger partial charge in [-0.05, 0) is 6.42 Å². The summed E-state index contributed by atoms with van der Waals surface area (Å²) in [7, 11) is 0. The predicted octanol–water partition coefficient (Wildman–Crippen LogP) is -0.117. The number of hydrogen-bond acceptors (Lipinski definition) is 3. The van der Waals surface area contributed by atoms with Crippen molar-refractivity contribution >= 4 is 0 Å². The van der Waals surface area contributed by atoms with E-state index in [9.17, 15) is 5.11 Å². The van der Waals surface area contributed by atoms with Crippen molar-refractivity contribution in [2.45, 2.75) is 31.3 Å². The van der Waals surface area contributed by atoms with Crippen molar-refractivity contribution in [3.63, 3.8) is 0 Å². The molecule has 9 heavy (non-hydrogen) atoms. The molecule has 2 heterocycles. The minimum Gasteiger partial charge on any atom is -0.390 e. The van der Waals surface area contributed by atoms with E-state index in [4.69, 9.17) is 9.47 Å². The van der Waals surface area contributed by atoms with Gasteiger partial charge in [0.2, 0.25) is 0 Å². The first-order chi connectivity index (χ1) is 4.36. The third-order valence-electron chi connectivity index (χ3n) is 1.90. The largest absolute Gasteiger partial charge is 0.390 e. The lowest BCUT2D eigenvalue weighted by molar-refractivity contribution is -0.119. The molecule has 2 fully saturated rings. The van der Waals surface area contributed by atoms with Crippen LogP contribution in [0.2, 0.25) is 0 Å². The molecule has 0 aliphatic carbocycles. The lowest BCUT2D eigenvalue weighted by Gasteiger charge is -2.22. The maximum Gasteiger partial charge on any atom is 0.158 e. The summed E-state index contributed by atoms with van der Waals surface area (Å²) in [5, 5.41) is 9.19. The van der Waals surface area contributed by atoms with Crippen molar-refractivity contribution in [3.05, 3.63) is 0 Å². The molecule has 2 bridgehead atoms. The summed E-state index contributed by atoms with van der Waals surface area (Å²) in [6.07, 6.45) is 1.33. The number of rotatable bonds is 0. The van der Waals surface area contributed by atoms with E-state index in [2.05, 4.69) is 0 Å². The second kappa shape index (κ2) is 1.94. The highest BCUT2D eigenvalue weighted by Crippen LogP contribution is 2.26. The van der Waals surface area contributed by atoms with Crippen LogP contribution in [0.15, 0.2) is 0 Å². The van der Waals surface area contributed by atoms with Gasteiger partial charge in [-0.2, -0.15) is 0 Å². The quantitative estimate of drug-likeness (QED) is 0.497. The molecule has 0 radical (unpaired) electrons. The van der Waals surface area contributed by atoms with Crippen LogP contribution in [-0.2, 0) is 9.47 Å². The number of hydrogen-bond donors (Lipinski definition) is 1. The zero-order chi connectivity index (χ0) is 6.27. The van der Waals surface area contributed by atoms with Crippen LogP contribution in [0.3, 0.4) is 0 Å². The topological polar surface area (TPSA) is 38.7 Å². The SMILES string of the molecule is OC1CCC2OCC1O2. The van der Waals surface area contributed by atoms with Crippen LogP contribution in [0.4, 0.5) is 0 Å². The molecule has 3 heteroatoms. The maximum atomic E-state index is 9.19. The van der Waals surface area contributed by atoms with E-state index in [1.54, 1.807) is 0 Å². The average molecular weight is 130 g/mol. The Morgan fingerprint density at radius 1 is 1.33 bits per heavy atom. The number of aliphatic hydroxyl groups is 1. The van der Waals surface area contributed by atoms with Gasteiger partial charge in [0.05, 0.1) is 12.7 Å². The fourth-order valence-electron chi connectivity index (χ4n) is 1.32. The fourth-order valence-corrected chi connectivity index (χ4v) is 1.32. The minimum absolute atomic E-state index is 0.0154. The monoisotopic (exact) mass is 130 g/mol. The van der Waals surface area contributed by atoms with Crippen LogP contribution in [0, 0.1) is 0 Å². The third kappa shape index (κ3) is 0.852. The van der Waals surface area contributed by atoms with Gasteiger partial charge in [-0.1, -0.05) is 0 Å². The van der Waals surface area contributed by atoms with Crippen molar-refractivity contribution < 1.29 is 14.6 Å². The summed E-state index contributed by atoms with van der Waals surface area (Å²) in [4.78, 5) is 0. The second-order valence-electron chi connectivity index (χ2n) is 2.58. The van der Waals surface area contributed by atoms with Crippen LogP contribution < -0.4 is 0 Å². The van der Waals surface area contributed by atoms with Crippen molar-refractivity contribution in [1.82, 2.24) is 0 Å². The summed E-state index contributed by atoms with van der Waals surface area (Å²) < 4.78 is 10.4. The molecule has 0 aromatic carbocycles. The Kier molecular flexibility index (Phi) is 1.22. The van der Waals surface area contributed by atoms with Crippen molar-refractivity contribution in [3.8, 4) is 0 Å². The van der Waals surface area contributed by atoms with Gasteiger partial charge in [0.25, 0.3) is 0 Å². The summed E-state index contributed by atoms with van der Waals surface area (Å²) >= 11 is 0. The molecule has 0 spiro atoms. The summed E-state index contributed by atoms with van der Waals surface area (Å²) in [5.74, 6) is 0. The zero-order valence-electron chi connectivity index (χ0n) is 5.12. The Balaban J connectivity index is 2.05. The molecule has 0 aromatic rings. The first-order valence-electron chi connectivity index (χ1n) is 3.31. The van der Waals surface area contributed by atoms with Crippen LogP contribution in [-0.4, -0.2) is 30.2 Å². The van der Waals surface area contributed by atoms with Gasteiger partial charge in [-0.25, -0.2) is 0 Å². The molecule has 2 rings (SSSR count). The van der Waals surface area contributed by atoms with Gasteiger partial charge >= 0.3 is 0 Å².